The number of hydrogen-bond donors (Lipinski definition) is 0. The van der Waals surface area contributed by atoms with Crippen molar-refractivity contribution in [2.45, 2.75) is 13.2 Å². The zero-order valence-electron chi connectivity index (χ0n) is 12.9. The summed E-state index contributed by atoms with van der Waals surface area (Å²) in [5.74, 6) is 0.599. The van der Waals surface area contributed by atoms with Gasteiger partial charge in [0.2, 0.25) is 11.7 Å². The van der Waals surface area contributed by atoms with Crippen molar-refractivity contribution >= 4 is 5.69 Å². The van der Waals surface area contributed by atoms with Crippen molar-refractivity contribution in [2.75, 3.05) is 11.9 Å². The lowest BCUT2D eigenvalue weighted by molar-refractivity contribution is -0.0494. The summed E-state index contributed by atoms with van der Waals surface area (Å²) in [5, 5.41) is 3.86. The fourth-order valence-corrected chi connectivity index (χ4v) is 2.26. The predicted octanol–water partition coefficient (Wildman–Crippen LogP) is 3.97. The maximum atomic E-state index is 12.5. The van der Waals surface area contributed by atoms with E-state index in [-0.39, 0.29) is 11.6 Å². The van der Waals surface area contributed by atoms with E-state index in [9.17, 15) is 8.78 Å². The molecule has 2 aromatic carbocycles. The minimum Gasteiger partial charge on any atom is -0.434 e. The van der Waals surface area contributed by atoms with Gasteiger partial charge in [-0.25, -0.2) is 0 Å². The Morgan fingerprint density at radius 3 is 2.54 bits per heavy atom. The van der Waals surface area contributed by atoms with E-state index in [0.717, 1.165) is 5.69 Å². The van der Waals surface area contributed by atoms with Crippen LogP contribution in [0.2, 0.25) is 0 Å². The van der Waals surface area contributed by atoms with Crippen LogP contribution in [0, 0.1) is 0 Å². The first-order valence-corrected chi connectivity index (χ1v) is 7.26. The summed E-state index contributed by atoms with van der Waals surface area (Å²) in [5.41, 5.74) is 1.36. The molecule has 0 saturated heterocycles. The van der Waals surface area contributed by atoms with Crippen LogP contribution in [0.4, 0.5) is 14.5 Å². The van der Waals surface area contributed by atoms with E-state index in [0.29, 0.717) is 18.0 Å². The SMILES string of the molecule is CN(Cc1nc(-c2ccccc2OC(F)F)no1)c1ccccc1. The number of alkyl halides is 2. The van der Waals surface area contributed by atoms with E-state index < -0.39 is 6.61 Å². The molecule has 1 heterocycles. The molecule has 24 heavy (non-hydrogen) atoms. The van der Waals surface area contributed by atoms with Gasteiger partial charge in [-0.15, -0.1) is 0 Å². The predicted molar refractivity (Wildman–Crippen MR) is 84.9 cm³/mol. The van der Waals surface area contributed by atoms with E-state index in [1.165, 1.54) is 6.07 Å². The largest absolute Gasteiger partial charge is 0.434 e. The second-order valence-corrected chi connectivity index (χ2v) is 5.08. The van der Waals surface area contributed by atoms with Gasteiger partial charge in [-0.3, -0.25) is 0 Å². The Kier molecular flexibility index (Phi) is 4.69. The summed E-state index contributed by atoms with van der Waals surface area (Å²) in [6.07, 6.45) is 0. The standard InChI is InChI=1S/C17H15F2N3O2/c1-22(12-7-3-2-4-8-12)11-15-20-16(21-24-15)13-9-5-6-10-14(13)23-17(18)19/h2-10,17H,11H2,1H3. The molecule has 0 saturated carbocycles. The normalized spacial score (nSPS) is 10.8. The third kappa shape index (κ3) is 3.68. The molecule has 0 atom stereocenters. The molecule has 0 aliphatic heterocycles. The number of aromatic nitrogens is 2. The Labute approximate surface area is 137 Å². The number of anilines is 1. The number of halogens is 2. The third-order valence-corrected chi connectivity index (χ3v) is 3.38. The summed E-state index contributed by atoms with van der Waals surface area (Å²) in [6, 6.07) is 16.1. The average Bonchev–Trinajstić information content (AvgIpc) is 3.04. The molecule has 7 heteroatoms. The highest BCUT2D eigenvalue weighted by molar-refractivity contribution is 5.63. The van der Waals surface area contributed by atoms with Gasteiger partial charge in [-0.05, 0) is 24.3 Å². The molecule has 0 spiro atoms. The van der Waals surface area contributed by atoms with Gasteiger partial charge in [-0.2, -0.15) is 13.8 Å². The molecular formula is C17H15F2N3O2. The quantitative estimate of drug-likeness (QED) is 0.684. The lowest BCUT2D eigenvalue weighted by Crippen LogP contribution is -2.16. The highest BCUT2D eigenvalue weighted by atomic mass is 19.3. The molecule has 0 unspecified atom stereocenters. The maximum Gasteiger partial charge on any atom is 0.387 e. The molecule has 5 nitrogen and oxygen atoms in total. The van der Waals surface area contributed by atoms with Gasteiger partial charge in [0.15, 0.2) is 0 Å². The zero-order valence-corrected chi connectivity index (χ0v) is 12.9. The highest BCUT2D eigenvalue weighted by Crippen LogP contribution is 2.29. The number of rotatable bonds is 6. The van der Waals surface area contributed by atoms with Crippen molar-refractivity contribution in [3.8, 4) is 17.1 Å². The van der Waals surface area contributed by atoms with Crippen molar-refractivity contribution in [3.63, 3.8) is 0 Å². The molecule has 3 rings (SSSR count). The Balaban J connectivity index is 1.79. The number of benzene rings is 2. The Hall–Kier alpha value is -2.96. The first-order valence-electron chi connectivity index (χ1n) is 7.26. The van der Waals surface area contributed by atoms with Crippen molar-refractivity contribution in [1.82, 2.24) is 10.1 Å². The molecule has 0 amide bonds. The third-order valence-electron chi connectivity index (χ3n) is 3.38. The van der Waals surface area contributed by atoms with Gasteiger partial charge in [-0.1, -0.05) is 35.5 Å². The number of para-hydroxylation sites is 2. The molecule has 0 N–H and O–H groups in total. The molecule has 0 aliphatic carbocycles. The van der Waals surface area contributed by atoms with Crippen molar-refractivity contribution in [1.29, 1.82) is 0 Å². The zero-order chi connectivity index (χ0) is 16.9. The van der Waals surface area contributed by atoms with Crippen LogP contribution in [-0.4, -0.2) is 23.8 Å². The van der Waals surface area contributed by atoms with Crippen LogP contribution >= 0.6 is 0 Å². The fourth-order valence-electron chi connectivity index (χ4n) is 2.26. The molecule has 0 fully saturated rings. The van der Waals surface area contributed by atoms with Crippen LogP contribution in [0.3, 0.4) is 0 Å². The van der Waals surface area contributed by atoms with Gasteiger partial charge >= 0.3 is 6.61 Å². The Morgan fingerprint density at radius 1 is 1.08 bits per heavy atom. The maximum absolute atomic E-state index is 12.5. The first-order chi connectivity index (χ1) is 11.6. The van der Waals surface area contributed by atoms with Crippen molar-refractivity contribution < 1.29 is 18.0 Å². The summed E-state index contributed by atoms with van der Waals surface area (Å²) < 4.78 is 34.7. The van der Waals surface area contributed by atoms with E-state index in [1.807, 2.05) is 42.3 Å². The van der Waals surface area contributed by atoms with E-state index in [1.54, 1.807) is 18.2 Å². The summed E-state index contributed by atoms with van der Waals surface area (Å²) in [7, 11) is 1.90. The Bertz CT molecular complexity index is 793. The second kappa shape index (κ2) is 7.08. The molecule has 124 valence electrons. The second-order valence-electron chi connectivity index (χ2n) is 5.08. The first kappa shape index (κ1) is 15.9. The van der Waals surface area contributed by atoms with Gasteiger partial charge in [0.25, 0.3) is 0 Å². The summed E-state index contributed by atoms with van der Waals surface area (Å²) in [6.45, 7) is -2.52. The van der Waals surface area contributed by atoms with Gasteiger partial charge in [0, 0.05) is 12.7 Å². The lowest BCUT2D eigenvalue weighted by atomic mass is 10.2. The van der Waals surface area contributed by atoms with Gasteiger partial charge in [0.1, 0.15) is 5.75 Å². The van der Waals surface area contributed by atoms with Crippen LogP contribution in [0.15, 0.2) is 59.1 Å². The van der Waals surface area contributed by atoms with Crippen LogP contribution in [0.25, 0.3) is 11.4 Å². The molecule has 0 radical (unpaired) electrons. The van der Waals surface area contributed by atoms with Gasteiger partial charge in [0.05, 0.1) is 12.1 Å². The monoisotopic (exact) mass is 331 g/mol. The van der Waals surface area contributed by atoms with Crippen molar-refractivity contribution in [3.05, 3.63) is 60.5 Å². The van der Waals surface area contributed by atoms with Crippen LogP contribution < -0.4 is 9.64 Å². The summed E-state index contributed by atoms with van der Waals surface area (Å²) in [4.78, 5) is 6.21. The van der Waals surface area contributed by atoms with E-state index in [4.69, 9.17) is 4.52 Å². The minimum atomic E-state index is -2.92. The molecule has 0 bridgehead atoms. The topological polar surface area (TPSA) is 51.4 Å². The van der Waals surface area contributed by atoms with Crippen LogP contribution in [0.5, 0.6) is 5.75 Å². The number of ether oxygens (including phenoxy) is 1. The molecule has 3 aromatic rings. The van der Waals surface area contributed by atoms with Crippen molar-refractivity contribution in [2.24, 2.45) is 0 Å². The van der Waals surface area contributed by atoms with Crippen LogP contribution in [-0.2, 0) is 6.54 Å². The lowest BCUT2D eigenvalue weighted by Gasteiger charge is -2.16. The van der Waals surface area contributed by atoms with E-state index in [2.05, 4.69) is 14.9 Å². The van der Waals surface area contributed by atoms with Gasteiger partial charge < -0.3 is 14.2 Å². The average molecular weight is 331 g/mol. The van der Waals surface area contributed by atoms with E-state index >= 15 is 0 Å². The Morgan fingerprint density at radius 2 is 1.79 bits per heavy atom. The number of nitrogens with zero attached hydrogens (tertiary/aromatic N) is 3. The van der Waals surface area contributed by atoms with Crippen LogP contribution in [0.1, 0.15) is 5.89 Å². The number of hydrogen-bond acceptors (Lipinski definition) is 5. The fraction of sp³-hybridized carbons (Fsp3) is 0.176. The molecule has 0 aliphatic rings. The smallest absolute Gasteiger partial charge is 0.387 e. The molecular weight excluding hydrogens is 316 g/mol. The highest BCUT2D eigenvalue weighted by Gasteiger charge is 2.16. The summed E-state index contributed by atoms with van der Waals surface area (Å²) >= 11 is 0. The minimum absolute atomic E-state index is 0.0104. The molecule has 1 aromatic heterocycles.